The fourth-order valence-corrected chi connectivity index (χ4v) is 4.83. The Morgan fingerprint density at radius 1 is 1.19 bits per heavy atom. The predicted molar refractivity (Wildman–Crippen MR) is 158 cm³/mol. The van der Waals surface area contributed by atoms with E-state index in [0.29, 0.717) is 12.0 Å². The number of nitrogens with two attached hydrogens (primary N) is 2. The first kappa shape index (κ1) is 34.5. The molecule has 1 aliphatic heterocycles. The first-order valence-electron chi connectivity index (χ1n) is 13.8. The van der Waals surface area contributed by atoms with Crippen LogP contribution in [0.3, 0.4) is 0 Å². The maximum absolute atomic E-state index is 13.5. The lowest BCUT2D eigenvalue weighted by molar-refractivity contribution is -0.119. The SMILES string of the molecule is CCO/N=C1\C=C2NC(=O)/C(C)=C/C=C\[C@H](OC)[C@@H](OC(N)=O)/C(C)=C/[C@H](C)[C@@H](O)[C@@H](OC)C[C@H](C)CC(=C1N)C2=O. The fraction of sp³-hybridized carbons (Fsp3) is 0.533. The van der Waals surface area contributed by atoms with Gasteiger partial charge in [-0.15, -0.1) is 0 Å². The zero-order valence-electron chi connectivity index (χ0n) is 25.4. The van der Waals surface area contributed by atoms with Crippen molar-refractivity contribution >= 4 is 23.5 Å². The summed E-state index contributed by atoms with van der Waals surface area (Å²) in [7, 11) is 2.94. The van der Waals surface area contributed by atoms with Crippen molar-refractivity contribution in [3.05, 3.63) is 58.5 Å². The van der Waals surface area contributed by atoms with Crippen LogP contribution in [-0.2, 0) is 28.6 Å². The second-order valence-corrected chi connectivity index (χ2v) is 10.5. The third kappa shape index (κ3) is 9.13. The largest absolute Gasteiger partial charge is 0.439 e. The Hall–Kier alpha value is -3.74. The van der Waals surface area contributed by atoms with Gasteiger partial charge in [-0.2, -0.15) is 0 Å². The molecule has 0 aromatic carbocycles. The molecule has 0 saturated heterocycles. The number of nitrogens with zero attached hydrogens (tertiary/aromatic N) is 1. The lowest BCUT2D eigenvalue weighted by atomic mass is 9.85. The molecule has 42 heavy (non-hydrogen) atoms. The first-order chi connectivity index (χ1) is 19.8. The van der Waals surface area contributed by atoms with Crippen molar-refractivity contribution in [3.63, 3.8) is 0 Å². The third-order valence-electron chi connectivity index (χ3n) is 7.14. The second kappa shape index (κ2) is 16.0. The van der Waals surface area contributed by atoms with Crippen LogP contribution >= 0.6 is 0 Å². The number of ketones is 1. The standard InChI is InChI=1S/C30H44N4O8/c1-8-41-34-21-15-22-27(36)20(25(21)31)12-16(2)13-24(40-7)26(35)18(4)14-19(5)28(42-30(32)38)23(39-6)11-9-10-17(3)29(37)33-22/h9-11,14-16,18,23-24,26,28,35H,8,12-13,31H2,1-7H3,(H2,32,38)(H,33,37)/b11-9-,17-10+,19-14+,34-21+/t16-,18+,23+,24+,26-,28+/m1/s1. The number of allylic oxidation sites excluding steroid dienone is 4. The van der Waals surface area contributed by atoms with Gasteiger partial charge in [-0.1, -0.05) is 43.3 Å². The van der Waals surface area contributed by atoms with Gasteiger partial charge in [0.05, 0.1) is 23.6 Å². The molecular formula is C30H44N4O8. The number of Topliss-reactive ketones (excluding diaryl/α,β-unsaturated/α-hetero) is 1. The molecular weight excluding hydrogens is 544 g/mol. The van der Waals surface area contributed by atoms with Crippen LogP contribution in [0.2, 0.25) is 0 Å². The van der Waals surface area contributed by atoms with E-state index in [0.717, 1.165) is 0 Å². The van der Waals surface area contributed by atoms with E-state index in [2.05, 4.69) is 10.5 Å². The zero-order chi connectivity index (χ0) is 31.6. The van der Waals surface area contributed by atoms with E-state index in [1.54, 1.807) is 39.0 Å². The average molecular weight is 589 g/mol. The molecule has 0 aromatic heterocycles. The maximum Gasteiger partial charge on any atom is 0.405 e. The van der Waals surface area contributed by atoms with Crippen LogP contribution in [0.1, 0.15) is 47.5 Å². The van der Waals surface area contributed by atoms with Gasteiger partial charge in [0.2, 0.25) is 5.78 Å². The molecule has 1 heterocycles. The molecule has 6 N–H and O–H groups in total. The highest BCUT2D eigenvalue weighted by Gasteiger charge is 2.32. The van der Waals surface area contributed by atoms with Gasteiger partial charge in [-0.05, 0) is 51.2 Å². The quantitative estimate of drug-likeness (QED) is 0.213. The van der Waals surface area contributed by atoms with Gasteiger partial charge in [-0.3, -0.25) is 9.59 Å². The number of hydrogen-bond acceptors (Lipinski definition) is 10. The molecule has 2 amide bonds. The molecule has 0 unspecified atom stereocenters. The predicted octanol–water partition coefficient (Wildman–Crippen LogP) is 2.54. The Kier molecular flexibility index (Phi) is 13.2. The molecule has 12 heteroatoms. The topological polar surface area (TPSA) is 185 Å². The van der Waals surface area contributed by atoms with Gasteiger partial charge in [0.15, 0.2) is 6.10 Å². The highest BCUT2D eigenvalue weighted by atomic mass is 16.6. The molecule has 0 radical (unpaired) electrons. The zero-order valence-corrected chi connectivity index (χ0v) is 25.4. The summed E-state index contributed by atoms with van der Waals surface area (Å²) < 4.78 is 16.6. The van der Waals surface area contributed by atoms with Crippen LogP contribution in [-0.4, -0.2) is 73.8 Å². The number of methoxy groups -OCH3 is 2. The molecule has 0 saturated carbocycles. The van der Waals surface area contributed by atoms with Crippen LogP contribution in [0.5, 0.6) is 0 Å². The van der Waals surface area contributed by atoms with Crippen LogP contribution in [0.25, 0.3) is 0 Å². The van der Waals surface area contributed by atoms with Crippen molar-refractivity contribution in [2.75, 3.05) is 20.8 Å². The van der Waals surface area contributed by atoms with Crippen molar-refractivity contribution in [1.29, 1.82) is 0 Å². The van der Waals surface area contributed by atoms with Crippen molar-refractivity contribution < 1.29 is 38.5 Å². The number of carbonyl (C=O) groups is 3. The molecule has 2 aliphatic rings. The molecule has 0 spiro atoms. The minimum Gasteiger partial charge on any atom is -0.439 e. The molecule has 2 bridgehead atoms. The number of carbonyl (C=O) groups excluding carboxylic acids is 3. The van der Waals surface area contributed by atoms with E-state index in [4.69, 9.17) is 30.5 Å². The molecule has 0 aromatic rings. The molecule has 12 nitrogen and oxygen atoms in total. The first-order valence-corrected chi connectivity index (χ1v) is 13.8. The van der Waals surface area contributed by atoms with Crippen molar-refractivity contribution in [3.8, 4) is 0 Å². The van der Waals surface area contributed by atoms with E-state index in [9.17, 15) is 19.5 Å². The number of amides is 2. The Labute approximate surface area is 247 Å². The van der Waals surface area contributed by atoms with Gasteiger partial charge in [0.1, 0.15) is 18.4 Å². The number of hydrogen-bond donors (Lipinski definition) is 4. The number of primary amides is 1. The van der Waals surface area contributed by atoms with E-state index in [-0.39, 0.29) is 47.2 Å². The lowest BCUT2D eigenvalue weighted by Gasteiger charge is -2.30. The van der Waals surface area contributed by atoms with E-state index in [1.165, 1.54) is 26.4 Å². The number of nitrogens with one attached hydrogen (secondary N) is 1. The Balaban J connectivity index is 2.64. The monoisotopic (exact) mass is 588 g/mol. The number of rotatable bonds is 5. The maximum atomic E-state index is 13.5. The number of ether oxygens (including phenoxy) is 3. The highest BCUT2D eigenvalue weighted by molar-refractivity contribution is 6.25. The highest BCUT2D eigenvalue weighted by Crippen LogP contribution is 2.28. The van der Waals surface area contributed by atoms with E-state index in [1.807, 2.05) is 13.8 Å². The van der Waals surface area contributed by atoms with Crippen LogP contribution in [0, 0.1) is 11.8 Å². The van der Waals surface area contributed by atoms with Crippen LogP contribution < -0.4 is 16.8 Å². The van der Waals surface area contributed by atoms with Crippen molar-refractivity contribution in [2.45, 2.75) is 71.9 Å². The minimum atomic E-state index is -0.991. The summed E-state index contributed by atoms with van der Waals surface area (Å²) in [4.78, 5) is 43.5. The van der Waals surface area contributed by atoms with E-state index < -0.39 is 48.1 Å². The minimum absolute atomic E-state index is 0.00552. The smallest absolute Gasteiger partial charge is 0.405 e. The summed E-state index contributed by atoms with van der Waals surface area (Å²) in [6, 6.07) is 0. The summed E-state index contributed by atoms with van der Waals surface area (Å²) in [6.45, 7) is 9.10. The summed E-state index contributed by atoms with van der Waals surface area (Å²) >= 11 is 0. The normalized spacial score (nSPS) is 32.7. The van der Waals surface area contributed by atoms with E-state index >= 15 is 0 Å². The van der Waals surface area contributed by atoms with Gasteiger partial charge in [-0.25, -0.2) is 4.79 Å². The van der Waals surface area contributed by atoms with Gasteiger partial charge in [0.25, 0.3) is 5.91 Å². The number of fused-ring (bicyclic) bond motifs is 2. The van der Waals surface area contributed by atoms with Gasteiger partial charge in [0, 0.05) is 31.3 Å². The van der Waals surface area contributed by atoms with Crippen molar-refractivity contribution in [1.82, 2.24) is 5.32 Å². The number of oxime groups is 1. The van der Waals surface area contributed by atoms with Gasteiger partial charge >= 0.3 is 6.09 Å². The second-order valence-electron chi connectivity index (χ2n) is 10.5. The Morgan fingerprint density at radius 3 is 2.48 bits per heavy atom. The molecule has 2 rings (SSSR count). The van der Waals surface area contributed by atoms with Crippen LogP contribution in [0.15, 0.2) is 63.6 Å². The molecule has 1 aliphatic carbocycles. The van der Waals surface area contributed by atoms with Crippen LogP contribution in [0.4, 0.5) is 4.79 Å². The Bertz CT molecular complexity index is 1200. The van der Waals surface area contributed by atoms with Crippen molar-refractivity contribution in [2.24, 2.45) is 28.5 Å². The summed E-state index contributed by atoms with van der Waals surface area (Å²) in [5.41, 5.74) is 13.3. The third-order valence-corrected chi connectivity index (χ3v) is 7.14. The fourth-order valence-electron chi connectivity index (χ4n) is 4.83. The van der Waals surface area contributed by atoms with Gasteiger partial charge < -0.3 is 40.9 Å². The number of aliphatic hydroxyl groups excluding tert-OH is 1. The summed E-state index contributed by atoms with van der Waals surface area (Å²) in [5.74, 6) is -1.54. The average Bonchev–Trinajstić information content (AvgIpc) is 2.94. The Morgan fingerprint density at radius 2 is 1.88 bits per heavy atom. The number of aliphatic hydroxyl groups is 1. The lowest BCUT2D eigenvalue weighted by Crippen LogP contribution is -2.37. The molecule has 0 fully saturated rings. The summed E-state index contributed by atoms with van der Waals surface area (Å²) in [6.07, 6.45) is 4.29. The molecule has 6 atom stereocenters. The summed E-state index contributed by atoms with van der Waals surface area (Å²) in [5, 5.41) is 17.9. The molecule has 232 valence electrons.